The van der Waals surface area contributed by atoms with E-state index in [9.17, 15) is 13.2 Å². The monoisotopic (exact) mass is 337 g/mol. The SMILES string of the molecule is CC(=O)N1c2ccc(S(=O)(=O)N3CCCNCC3)cc2CC1C. The van der Waals surface area contributed by atoms with Gasteiger partial charge in [-0.3, -0.25) is 4.79 Å². The lowest BCUT2D eigenvalue weighted by Gasteiger charge is -2.22. The average molecular weight is 337 g/mol. The second-order valence-corrected chi connectivity index (χ2v) is 8.18. The molecule has 1 aromatic rings. The molecule has 126 valence electrons. The van der Waals surface area contributed by atoms with Gasteiger partial charge in [0.25, 0.3) is 0 Å². The first-order valence-corrected chi connectivity index (χ1v) is 9.49. The van der Waals surface area contributed by atoms with E-state index in [-0.39, 0.29) is 11.9 Å². The zero-order valence-corrected chi connectivity index (χ0v) is 14.4. The van der Waals surface area contributed by atoms with Crippen LogP contribution >= 0.6 is 0 Å². The molecule has 0 aromatic heterocycles. The van der Waals surface area contributed by atoms with E-state index in [1.165, 1.54) is 0 Å². The summed E-state index contributed by atoms with van der Waals surface area (Å²) in [6.07, 6.45) is 1.51. The van der Waals surface area contributed by atoms with Gasteiger partial charge in [-0.05, 0) is 50.1 Å². The molecule has 1 N–H and O–H groups in total. The van der Waals surface area contributed by atoms with Gasteiger partial charge in [-0.25, -0.2) is 8.42 Å². The molecule has 7 heteroatoms. The molecule has 0 bridgehead atoms. The van der Waals surface area contributed by atoms with Gasteiger partial charge in [-0.1, -0.05) is 0 Å². The van der Waals surface area contributed by atoms with Crippen LogP contribution in [0.5, 0.6) is 0 Å². The van der Waals surface area contributed by atoms with Crippen LogP contribution in [0.15, 0.2) is 23.1 Å². The Morgan fingerprint density at radius 1 is 1.26 bits per heavy atom. The number of rotatable bonds is 2. The highest BCUT2D eigenvalue weighted by molar-refractivity contribution is 7.89. The Morgan fingerprint density at radius 2 is 2.04 bits per heavy atom. The maximum Gasteiger partial charge on any atom is 0.243 e. The minimum Gasteiger partial charge on any atom is -0.315 e. The summed E-state index contributed by atoms with van der Waals surface area (Å²) < 4.78 is 27.3. The lowest BCUT2D eigenvalue weighted by molar-refractivity contribution is -0.116. The van der Waals surface area contributed by atoms with Crippen molar-refractivity contribution in [2.24, 2.45) is 0 Å². The van der Waals surface area contributed by atoms with Crippen molar-refractivity contribution in [2.75, 3.05) is 31.1 Å². The van der Waals surface area contributed by atoms with E-state index in [4.69, 9.17) is 0 Å². The van der Waals surface area contributed by atoms with Gasteiger partial charge in [0.05, 0.1) is 4.90 Å². The predicted octanol–water partition coefficient (Wildman–Crippen LogP) is 0.968. The molecule has 0 spiro atoms. The number of anilines is 1. The number of carbonyl (C=O) groups is 1. The fourth-order valence-corrected chi connectivity index (χ4v) is 4.99. The number of hydrogen-bond donors (Lipinski definition) is 1. The van der Waals surface area contributed by atoms with Crippen molar-refractivity contribution in [2.45, 2.75) is 37.6 Å². The predicted molar refractivity (Wildman–Crippen MR) is 89.0 cm³/mol. The fraction of sp³-hybridized carbons (Fsp3) is 0.562. The number of hydrogen-bond acceptors (Lipinski definition) is 4. The zero-order valence-electron chi connectivity index (χ0n) is 13.6. The maximum absolute atomic E-state index is 12.9. The highest BCUT2D eigenvalue weighted by Gasteiger charge is 2.31. The number of nitrogens with one attached hydrogen (secondary N) is 1. The Kier molecular flexibility index (Phi) is 4.44. The van der Waals surface area contributed by atoms with E-state index in [1.54, 1.807) is 34.3 Å². The van der Waals surface area contributed by atoms with Crippen LogP contribution in [-0.2, 0) is 21.2 Å². The largest absolute Gasteiger partial charge is 0.315 e. The van der Waals surface area contributed by atoms with Crippen LogP contribution < -0.4 is 10.2 Å². The molecule has 23 heavy (non-hydrogen) atoms. The molecule has 1 aromatic carbocycles. The highest BCUT2D eigenvalue weighted by Crippen LogP contribution is 2.34. The summed E-state index contributed by atoms with van der Waals surface area (Å²) in [5.41, 5.74) is 1.77. The Hall–Kier alpha value is -1.44. The molecule has 0 saturated carbocycles. The molecule has 2 aliphatic heterocycles. The van der Waals surface area contributed by atoms with Gasteiger partial charge in [0.1, 0.15) is 0 Å². The highest BCUT2D eigenvalue weighted by atomic mass is 32.2. The lowest BCUT2D eigenvalue weighted by Crippen LogP contribution is -2.34. The van der Waals surface area contributed by atoms with Crippen molar-refractivity contribution >= 4 is 21.6 Å². The minimum atomic E-state index is -3.47. The topological polar surface area (TPSA) is 69.7 Å². The van der Waals surface area contributed by atoms with E-state index < -0.39 is 10.0 Å². The lowest BCUT2D eigenvalue weighted by atomic mass is 10.1. The number of benzene rings is 1. The van der Waals surface area contributed by atoms with Crippen molar-refractivity contribution < 1.29 is 13.2 Å². The molecule has 3 rings (SSSR count). The van der Waals surface area contributed by atoms with E-state index in [1.807, 2.05) is 6.92 Å². The van der Waals surface area contributed by atoms with Crippen molar-refractivity contribution in [1.82, 2.24) is 9.62 Å². The smallest absolute Gasteiger partial charge is 0.243 e. The van der Waals surface area contributed by atoms with Gasteiger partial charge < -0.3 is 10.2 Å². The standard InChI is InChI=1S/C16H23N3O3S/c1-12-10-14-11-15(4-5-16(14)19(12)13(2)20)23(21,22)18-8-3-6-17-7-9-18/h4-5,11-12,17H,3,6-10H2,1-2H3. The Labute approximate surface area is 137 Å². The molecule has 0 radical (unpaired) electrons. The normalized spacial score (nSPS) is 22.7. The summed E-state index contributed by atoms with van der Waals surface area (Å²) in [5, 5.41) is 3.22. The number of amides is 1. The fourth-order valence-electron chi connectivity index (χ4n) is 3.46. The summed E-state index contributed by atoms with van der Waals surface area (Å²) >= 11 is 0. The quantitative estimate of drug-likeness (QED) is 0.873. The van der Waals surface area contributed by atoms with Crippen molar-refractivity contribution in [3.8, 4) is 0 Å². The molecule has 1 saturated heterocycles. The van der Waals surface area contributed by atoms with Gasteiger partial charge in [-0.15, -0.1) is 0 Å². The van der Waals surface area contributed by atoms with Gasteiger partial charge in [0.2, 0.25) is 15.9 Å². The van der Waals surface area contributed by atoms with Crippen LogP contribution in [0.3, 0.4) is 0 Å². The van der Waals surface area contributed by atoms with Crippen LogP contribution in [-0.4, -0.2) is 50.9 Å². The van der Waals surface area contributed by atoms with E-state index in [0.29, 0.717) is 31.0 Å². The third kappa shape index (κ3) is 3.00. The van der Waals surface area contributed by atoms with Crippen molar-refractivity contribution in [3.05, 3.63) is 23.8 Å². The third-order valence-electron chi connectivity index (χ3n) is 4.54. The Balaban J connectivity index is 1.93. The van der Waals surface area contributed by atoms with E-state index in [0.717, 1.165) is 24.2 Å². The van der Waals surface area contributed by atoms with Crippen LogP contribution in [0.25, 0.3) is 0 Å². The second kappa shape index (κ2) is 6.22. The van der Waals surface area contributed by atoms with Gasteiger partial charge >= 0.3 is 0 Å². The first-order chi connectivity index (χ1) is 10.9. The first kappa shape index (κ1) is 16.4. The third-order valence-corrected chi connectivity index (χ3v) is 6.44. The second-order valence-electron chi connectivity index (χ2n) is 6.24. The number of carbonyl (C=O) groups excluding carboxylic acids is 1. The summed E-state index contributed by atoms with van der Waals surface area (Å²) in [7, 11) is -3.47. The molecule has 2 heterocycles. The Morgan fingerprint density at radius 3 is 2.78 bits per heavy atom. The molecule has 1 amide bonds. The van der Waals surface area contributed by atoms with Gasteiger partial charge in [0.15, 0.2) is 0 Å². The summed E-state index contributed by atoms with van der Waals surface area (Å²) in [6, 6.07) is 5.20. The molecule has 6 nitrogen and oxygen atoms in total. The molecule has 1 atom stereocenters. The molecule has 0 aliphatic carbocycles. The molecule has 2 aliphatic rings. The molecular weight excluding hydrogens is 314 g/mol. The molecular formula is C16H23N3O3S. The first-order valence-electron chi connectivity index (χ1n) is 8.05. The molecule has 1 fully saturated rings. The maximum atomic E-state index is 12.9. The van der Waals surface area contributed by atoms with Gasteiger partial charge in [-0.2, -0.15) is 4.31 Å². The number of nitrogens with zero attached hydrogens (tertiary/aromatic N) is 2. The molecule has 1 unspecified atom stereocenters. The summed E-state index contributed by atoms with van der Waals surface area (Å²) in [5.74, 6) is -0.00884. The van der Waals surface area contributed by atoms with Crippen LogP contribution in [0.2, 0.25) is 0 Å². The summed E-state index contributed by atoms with van der Waals surface area (Å²) in [6.45, 7) is 6.09. The number of sulfonamides is 1. The summed E-state index contributed by atoms with van der Waals surface area (Å²) in [4.78, 5) is 13.8. The van der Waals surface area contributed by atoms with Gasteiger partial charge in [0, 0.05) is 38.3 Å². The van der Waals surface area contributed by atoms with Crippen LogP contribution in [0.4, 0.5) is 5.69 Å². The van der Waals surface area contributed by atoms with Crippen molar-refractivity contribution in [1.29, 1.82) is 0 Å². The average Bonchev–Trinajstić information content (AvgIpc) is 2.66. The van der Waals surface area contributed by atoms with E-state index in [2.05, 4.69) is 5.32 Å². The van der Waals surface area contributed by atoms with E-state index >= 15 is 0 Å². The number of fused-ring (bicyclic) bond motifs is 1. The Bertz CT molecular complexity index is 709. The van der Waals surface area contributed by atoms with Crippen LogP contribution in [0.1, 0.15) is 25.8 Å². The zero-order chi connectivity index (χ0) is 16.6. The van der Waals surface area contributed by atoms with Crippen LogP contribution in [0, 0.1) is 0 Å². The minimum absolute atomic E-state index is 0.00884. The van der Waals surface area contributed by atoms with Crippen molar-refractivity contribution in [3.63, 3.8) is 0 Å².